The molecular formula is C17H21N5O3S. The molecule has 1 amide bonds. The lowest BCUT2D eigenvalue weighted by molar-refractivity contribution is 0.0945. The summed E-state index contributed by atoms with van der Waals surface area (Å²) < 4.78 is 30.3. The molecule has 0 fully saturated rings. The number of hydrogen-bond donors (Lipinski definition) is 2. The van der Waals surface area contributed by atoms with Gasteiger partial charge in [-0.1, -0.05) is 13.0 Å². The maximum atomic E-state index is 12.9. The van der Waals surface area contributed by atoms with E-state index >= 15 is 0 Å². The van der Waals surface area contributed by atoms with Crippen molar-refractivity contribution >= 4 is 15.9 Å². The van der Waals surface area contributed by atoms with Gasteiger partial charge in [0.15, 0.2) is 5.82 Å². The Balaban J connectivity index is 1.64. The van der Waals surface area contributed by atoms with Crippen molar-refractivity contribution in [3.63, 3.8) is 0 Å². The Morgan fingerprint density at radius 2 is 2.23 bits per heavy atom. The number of sulfonamides is 1. The number of amides is 1. The summed E-state index contributed by atoms with van der Waals surface area (Å²) in [5, 5.41) is 7.15. The second-order valence-corrected chi connectivity index (χ2v) is 8.32. The molecule has 1 aromatic carbocycles. The summed E-state index contributed by atoms with van der Waals surface area (Å²) >= 11 is 0. The largest absolute Gasteiger partial charge is 0.352 e. The Labute approximate surface area is 152 Å². The molecule has 4 rings (SSSR count). The van der Waals surface area contributed by atoms with E-state index in [-0.39, 0.29) is 10.8 Å². The number of rotatable bonds is 4. The first-order valence-corrected chi connectivity index (χ1v) is 10.3. The van der Waals surface area contributed by atoms with E-state index in [4.69, 9.17) is 0 Å². The van der Waals surface area contributed by atoms with Crippen LogP contribution in [-0.2, 0) is 29.4 Å². The number of carbonyl (C=O) groups excluding carboxylic acids is 1. The van der Waals surface area contributed by atoms with Crippen LogP contribution in [0.15, 0.2) is 23.1 Å². The SMILES string of the molecule is CCc1nc2n(n1)CCC[C@H]2NS(=O)(=O)c1ccc2c(c1)C(=O)NCC2. The maximum Gasteiger partial charge on any atom is 0.251 e. The van der Waals surface area contributed by atoms with Crippen molar-refractivity contribution in [2.24, 2.45) is 0 Å². The van der Waals surface area contributed by atoms with Crippen molar-refractivity contribution in [1.29, 1.82) is 0 Å². The lowest BCUT2D eigenvalue weighted by Gasteiger charge is -2.23. The molecule has 138 valence electrons. The third-order valence-electron chi connectivity index (χ3n) is 4.85. The summed E-state index contributed by atoms with van der Waals surface area (Å²) in [6, 6.07) is 4.33. The zero-order chi connectivity index (χ0) is 18.3. The van der Waals surface area contributed by atoms with Crippen LogP contribution in [0.4, 0.5) is 0 Å². The number of nitrogens with one attached hydrogen (secondary N) is 2. The van der Waals surface area contributed by atoms with Crippen LogP contribution in [0.3, 0.4) is 0 Å². The van der Waals surface area contributed by atoms with E-state index in [9.17, 15) is 13.2 Å². The number of hydrogen-bond acceptors (Lipinski definition) is 5. The van der Waals surface area contributed by atoms with Gasteiger partial charge in [0.2, 0.25) is 10.0 Å². The van der Waals surface area contributed by atoms with Gasteiger partial charge in [-0.25, -0.2) is 22.8 Å². The molecular weight excluding hydrogens is 354 g/mol. The predicted octanol–water partition coefficient (Wildman–Crippen LogP) is 0.940. The van der Waals surface area contributed by atoms with Gasteiger partial charge < -0.3 is 5.32 Å². The number of aromatic nitrogens is 3. The lowest BCUT2D eigenvalue weighted by Crippen LogP contribution is -2.34. The van der Waals surface area contributed by atoms with Crippen LogP contribution in [0.1, 0.15) is 53.4 Å². The number of fused-ring (bicyclic) bond motifs is 2. The maximum absolute atomic E-state index is 12.9. The molecule has 0 aliphatic carbocycles. The quantitative estimate of drug-likeness (QED) is 0.827. The molecule has 8 nitrogen and oxygen atoms in total. The van der Waals surface area contributed by atoms with Gasteiger partial charge in [0.1, 0.15) is 5.82 Å². The lowest BCUT2D eigenvalue weighted by atomic mass is 10.0. The molecule has 3 heterocycles. The Kier molecular flexibility index (Phi) is 4.28. The van der Waals surface area contributed by atoms with Gasteiger partial charge in [-0.2, -0.15) is 5.10 Å². The highest BCUT2D eigenvalue weighted by Gasteiger charge is 2.29. The molecule has 1 aromatic heterocycles. The van der Waals surface area contributed by atoms with Gasteiger partial charge >= 0.3 is 0 Å². The van der Waals surface area contributed by atoms with Crippen molar-refractivity contribution in [3.8, 4) is 0 Å². The van der Waals surface area contributed by atoms with Crippen LogP contribution in [0.2, 0.25) is 0 Å². The van der Waals surface area contributed by atoms with Crippen molar-refractivity contribution < 1.29 is 13.2 Å². The van der Waals surface area contributed by atoms with Gasteiger partial charge in [-0.3, -0.25) is 4.79 Å². The van der Waals surface area contributed by atoms with E-state index < -0.39 is 16.1 Å². The second-order valence-electron chi connectivity index (χ2n) is 6.60. The Morgan fingerprint density at radius 3 is 3.04 bits per heavy atom. The summed E-state index contributed by atoms with van der Waals surface area (Å²) in [7, 11) is -3.77. The van der Waals surface area contributed by atoms with Crippen LogP contribution < -0.4 is 10.0 Å². The molecule has 1 atom stereocenters. The van der Waals surface area contributed by atoms with Crippen LogP contribution in [0, 0.1) is 0 Å². The minimum Gasteiger partial charge on any atom is -0.352 e. The van der Waals surface area contributed by atoms with Gasteiger partial charge in [0.25, 0.3) is 5.91 Å². The molecule has 0 saturated carbocycles. The standard InChI is InChI=1S/C17H21N5O3S/c1-2-15-19-16-14(4-3-9-22(16)20-15)21-26(24,25)12-6-5-11-7-8-18-17(23)13(11)10-12/h5-6,10,14,21H,2-4,7-9H2,1H3,(H,18,23)/t14-/m1/s1. The van der Waals surface area contributed by atoms with Crippen LogP contribution >= 0.6 is 0 Å². The first-order chi connectivity index (χ1) is 12.5. The fourth-order valence-electron chi connectivity index (χ4n) is 3.47. The number of nitrogens with zero attached hydrogens (tertiary/aromatic N) is 3. The molecule has 2 N–H and O–H groups in total. The van der Waals surface area contributed by atoms with Crippen molar-refractivity contribution in [2.45, 2.75) is 50.1 Å². The molecule has 26 heavy (non-hydrogen) atoms. The van der Waals surface area contributed by atoms with E-state index in [1.54, 1.807) is 16.8 Å². The molecule has 2 aliphatic heterocycles. The average Bonchev–Trinajstić information content (AvgIpc) is 3.06. The molecule has 0 spiro atoms. The minimum absolute atomic E-state index is 0.0978. The number of aryl methyl sites for hydroxylation is 2. The Morgan fingerprint density at radius 1 is 1.38 bits per heavy atom. The third kappa shape index (κ3) is 3.01. The molecule has 2 aliphatic rings. The van der Waals surface area contributed by atoms with Crippen LogP contribution in [-0.4, -0.2) is 35.6 Å². The molecule has 0 radical (unpaired) electrons. The summed E-state index contributed by atoms with van der Waals surface area (Å²) in [5.74, 6) is 1.15. The highest BCUT2D eigenvalue weighted by Crippen LogP contribution is 2.26. The minimum atomic E-state index is -3.77. The second kappa shape index (κ2) is 6.48. The first kappa shape index (κ1) is 17.2. The van der Waals surface area contributed by atoms with Crippen molar-refractivity contribution in [2.75, 3.05) is 6.54 Å². The van der Waals surface area contributed by atoms with E-state index in [0.29, 0.717) is 37.2 Å². The summed E-state index contributed by atoms with van der Waals surface area (Å²) in [5.41, 5.74) is 1.30. The Bertz CT molecular complexity index is 967. The van der Waals surface area contributed by atoms with E-state index in [2.05, 4.69) is 20.1 Å². The van der Waals surface area contributed by atoms with Gasteiger partial charge in [-0.15, -0.1) is 0 Å². The summed E-state index contributed by atoms with van der Waals surface area (Å²) in [6.45, 7) is 3.30. The van der Waals surface area contributed by atoms with Gasteiger partial charge in [0, 0.05) is 25.1 Å². The Hall–Kier alpha value is -2.26. The third-order valence-corrected chi connectivity index (χ3v) is 6.32. The van der Waals surface area contributed by atoms with Crippen LogP contribution in [0.5, 0.6) is 0 Å². The fraction of sp³-hybridized carbons (Fsp3) is 0.471. The topological polar surface area (TPSA) is 106 Å². The molecule has 9 heteroatoms. The molecule has 0 bridgehead atoms. The molecule has 0 saturated heterocycles. The highest BCUT2D eigenvalue weighted by atomic mass is 32.2. The predicted molar refractivity (Wildman–Crippen MR) is 94.2 cm³/mol. The molecule has 2 aromatic rings. The first-order valence-electron chi connectivity index (χ1n) is 8.85. The summed E-state index contributed by atoms with van der Waals surface area (Å²) in [6.07, 6.45) is 2.92. The zero-order valence-electron chi connectivity index (χ0n) is 14.5. The monoisotopic (exact) mass is 375 g/mol. The fourth-order valence-corrected chi connectivity index (χ4v) is 4.73. The molecule has 0 unspecified atom stereocenters. The van der Waals surface area contributed by atoms with E-state index in [1.165, 1.54) is 6.07 Å². The van der Waals surface area contributed by atoms with E-state index in [0.717, 1.165) is 24.4 Å². The zero-order valence-corrected chi connectivity index (χ0v) is 15.3. The van der Waals surface area contributed by atoms with Gasteiger partial charge in [0.05, 0.1) is 10.9 Å². The average molecular weight is 375 g/mol. The van der Waals surface area contributed by atoms with Crippen molar-refractivity contribution in [3.05, 3.63) is 41.0 Å². The van der Waals surface area contributed by atoms with E-state index in [1.807, 2.05) is 6.92 Å². The van der Waals surface area contributed by atoms with Crippen LogP contribution in [0.25, 0.3) is 0 Å². The van der Waals surface area contributed by atoms with Gasteiger partial charge in [-0.05, 0) is 37.0 Å². The summed E-state index contributed by atoms with van der Waals surface area (Å²) in [4.78, 5) is 16.6. The van der Waals surface area contributed by atoms with Crippen molar-refractivity contribution in [1.82, 2.24) is 24.8 Å². The normalized spacial score (nSPS) is 19.6. The smallest absolute Gasteiger partial charge is 0.251 e. The number of carbonyl (C=O) groups is 1. The highest BCUT2D eigenvalue weighted by molar-refractivity contribution is 7.89. The number of benzene rings is 1.